The summed E-state index contributed by atoms with van der Waals surface area (Å²) in [4.78, 5) is 12.6. The molecule has 24 heavy (non-hydrogen) atoms. The molecule has 2 heterocycles. The first-order valence-electron chi connectivity index (χ1n) is 8.47. The van der Waals surface area contributed by atoms with Crippen molar-refractivity contribution in [3.63, 3.8) is 0 Å². The van der Waals surface area contributed by atoms with E-state index < -0.39 is 0 Å². The van der Waals surface area contributed by atoms with Gasteiger partial charge in [-0.1, -0.05) is 31.4 Å². The third-order valence-electron chi connectivity index (χ3n) is 4.55. The van der Waals surface area contributed by atoms with Crippen LogP contribution in [0.25, 0.3) is 10.4 Å². The van der Waals surface area contributed by atoms with E-state index in [9.17, 15) is 4.79 Å². The van der Waals surface area contributed by atoms with Crippen molar-refractivity contribution in [2.24, 2.45) is 0 Å². The molecule has 2 aromatic rings. The quantitative estimate of drug-likeness (QED) is 0.780. The molecule has 0 bridgehead atoms. The van der Waals surface area contributed by atoms with Crippen LogP contribution in [0.3, 0.4) is 0 Å². The maximum atomic E-state index is 11.4. The summed E-state index contributed by atoms with van der Waals surface area (Å²) in [5.74, 6) is 0.0615. The Kier molecular flexibility index (Phi) is 4.67. The van der Waals surface area contributed by atoms with Gasteiger partial charge in [-0.25, -0.2) is 0 Å². The van der Waals surface area contributed by atoms with Crippen LogP contribution < -0.4 is 14.3 Å². The van der Waals surface area contributed by atoms with Crippen LogP contribution in [0.1, 0.15) is 32.1 Å². The Morgan fingerprint density at radius 3 is 2.83 bits per heavy atom. The van der Waals surface area contributed by atoms with Gasteiger partial charge < -0.3 is 5.32 Å². The van der Waals surface area contributed by atoms with Gasteiger partial charge in [0.15, 0.2) is 0 Å². The van der Waals surface area contributed by atoms with Gasteiger partial charge in [0.25, 0.3) is 5.91 Å². The number of nitrogens with zero attached hydrogens (tertiary/aromatic N) is 1. The van der Waals surface area contributed by atoms with Crippen molar-refractivity contribution in [1.29, 1.82) is 0 Å². The lowest BCUT2D eigenvalue weighted by Gasteiger charge is -2.24. The number of rotatable bonds is 4. The van der Waals surface area contributed by atoms with E-state index in [0.717, 1.165) is 5.69 Å². The fourth-order valence-corrected chi connectivity index (χ4v) is 4.93. The summed E-state index contributed by atoms with van der Waals surface area (Å²) in [5, 5.41) is 5.81. The van der Waals surface area contributed by atoms with E-state index >= 15 is 0 Å². The molecule has 1 aromatic heterocycles. The lowest BCUT2D eigenvalue weighted by molar-refractivity contribution is -0.117. The van der Waals surface area contributed by atoms with E-state index in [-0.39, 0.29) is 5.91 Å². The lowest BCUT2D eigenvalue weighted by atomic mass is 9.95. The molecule has 2 fully saturated rings. The SMILES string of the molecule is O=C1CN(c2csc(-c3cccc(NC4CCCCC4)c3)c2)SN1. The number of benzene rings is 1. The highest BCUT2D eigenvalue weighted by Crippen LogP contribution is 2.35. The highest BCUT2D eigenvalue weighted by atomic mass is 32.2. The normalized spacial score (nSPS) is 18.7. The highest BCUT2D eigenvalue weighted by Gasteiger charge is 2.21. The second-order valence-corrected chi connectivity index (χ2v) is 8.12. The number of anilines is 2. The molecule has 1 amide bonds. The number of hydrogen-bond donors (Lipinski definition) is 2. The first kappa shape index (κ1) is 15.8. The van der Waals surface area contributed by atoms with Gasteiger partial charge in [-0.05, 0) is 36.6 Å². The second-order valence-electron chi connectivity index (χ2n) is 6.38. The summed E-state index contributed by atoms with van der Waals surface area (Å²) in [7, 11) is 0. The van der Waals surface area contributed by atoms with Gasteiger partial charge in [-0.15, -0.1) is 11.3 Å². The van der Waals surface area contributed by atoms with E-state index in [1.165, 1.54) is 60.4 Å². The summed E-state index contributed by atoms with van der Waals surface area (Å²) in [6.07, 6.45) is 6.61. The van der Waals surface area contributed by atoms with Crippen molar-refractivity contribution in [1.82, 2.24) is 4.72 Å². The molecule has 0 unspecified atom stereocenters. The first-order valence-corrected chi connectivity index (χ1v) is 10.1. The zero-order valence-electron chi connectivity index (χ0n) is 13.5. The molecule has 6 heteroatoms. The molecule has 0 radical (unpaired) electrons. The third-order valence-corrected chi connectivity index (χ3v) is 6.40. The molecule has 1 aliphatic carbocycles. The summed E-state index contributed by atoms with van der Waals surface area (Å²) in [6, 6.07) is 11.5. The minimum Gasteiger partial charge on any atom is -0.382 e. The Bertz CT molecular complexity index is 725. The maximum absolute atomic E-state index is 11.4. The third kappa shape index (κ3) is 3.54. The van der Waals surface area contributed by atoms with Gasteiger partial charge in [-0.2, -0.15) is 0 Å². The van der Waals surface area contributed by atoms with Crippen molar-refractivity contribution in [2.45, 2.75) is 38.1 Å². The standard InChI is InChI=1S/C18H21N3OS2/c22-18-11-21(24-20-18)16-10-17(23-12-16)13-5-4-8-15(9-13)19-14-6-2-1-3-7-14/h4-5,8-10,12,14,19H,1-3,6-7,11H2,(H,20,22). The van der Waals surface area contributed by atoms with Crippen LogP contribution in [0.15, 0.2) is 35.7 Å². The Morgan fingerprint density at radius 2 is 2.04 bits per heavy atom. The molecule has 0 spiro atoms. The van der Waals surface area contributed by atoms with Crippen molar-refractivity contribution in [3.8, 4) is 10.4 Å². The predicted octanol–water partition coefficient (Wildman–Crippen LogP) is 4.66. The van der Waals surface area contributed by atoms with E-state index in [0.29, 0.717) is 12.6 Å². The number of amides is 1. The molecule has 1 saturated heterocycles. The number of carbonyl (C=O) groups excluding carboxylic acids is 1. The van der Waals surface area contributed by atoms with Gasteiger partial charge in [0, 0.05) is 22.0 Å². The number of hydrogen-bond acceptors (Lipinski definition) is 5. The van der Waals surface area contributed by atoms with Gasteiger partial charge in [0.2, 0.25) is 0 Å². The monoisotopic (exact) mass is 359 g/mol. The van der Waals surface area contributed by atoms with Crippen LogP contribution in [0, 0.1) is 0 Å². The number of thiophene rings is 1. The summed E-state index contributed by atoms with van der Waals surface area (Å²) in [5.41, 5.74) is 3.53. The van der Waals surface area contributed by atoms with Gasteiger partial charge >= 0.3 is 0 Å². The van der Waals surface area contributed by atoms with Gasteiger partial charge in [-0.3, -0.25) is 13.8 Å². The van der Waals surface area contributed by atoms with Gasteiger partial charge in [0.05, 0.1) is 17.8 Å². The molecular weight excluding hydrogens is 338 g/mol. The summed E-state index contributed by atoms with van der Waals surface area (Å²) < 4.78 is 4.76. The van der Waals surface area contributed by atoms with Gasteiger partial charge in [0.1, 0.15) is 6.54 Å². The molecular formula is C18H21N3OS2. The largest absolute Gasteiger partial charge is 0.382 e. The average molecular weight is 360 g/mol. The Morgan fingerprint density at radius 1 is 1.17 bits per heavy atom. The maximum Gasteiger partial charge on any atom is 0.251 e. The van der Waals surface area contributed by atoms with E-state index in [1.54, 1.807) is 11.3 Å². The van der Waals surface area contributed by atoms with E-state index in [2.05, 4.69) is 45.8 Å². The first-order chi connectivity index (χ1) is 11.8. The summed E-state index contributed by atoms with van der Waals surface area (Å²) in [6.45, 7) is 0.421. The fourth-order valence-electron chi connectivity index (χ4n) is 3.30. The van der Waals surface area contributed by atoms with E-state index in [4.69, 9.17) is 0 Å². The molecule has 126 valence electrons. The zero-order valence-corrected chi connectivity index (χ0v) is 15.1. The Hall–Kier alpha value is -1.66. The van der Waals surface area contributed by atoms with Crippen LogP contribution in [0.2, 0.25) is 0 Å². The zero-order chi connectivity index (χ0) is 16.4. The summed E-state index contributed by atoms with van der Waals surface area (Å²) >= 11 is 3.09. The van der Waals surface area contributed by atoms with Crippen LogP contribution in [-0.2, 0) is 4.79 Å². The molecule has 2 N–H and O–H groups in total. The molecule has 2 aliphatic rings. The Balaban J connectivity index is 1.49. The minimum absolute atomic E-state index is 0.0615. The molecule has 4 rings (SSSR count). The van der Waals surface area contributed by atoms with Crippen LogP contribution in [0.5, 0.6) is 0 Å². The minimum atomic E-state index is 0.0615. The molecule has 1 aromatic carbocycles. The number of carbonyl (C=O) groups is 1. The van der Waals surface area contributed by atoms with Crippen molar-refractivity contribution >= 4 is 40.8 Å². The number of nitrogens with one attached hydrogen (secondary N) is 2. The molecule has 4 nitrogen and oxygen atoms in total. The van der Waals surface area contributed by atoms with E-state index in [1.807, 2.05) is 4.31 Å². The average Bonchev–Trinajstić information content (AvgIpc) is 3.25. The highest BCUT2D eigenvalue weighted by molar-refractivity contribution is 7.99. The van der Waals surface area contributed by atoms with Crippen molar-refractivity contribution in [2.75, 3.05) is 16.2 Å². The van der Waals surface area contributed by atoms with Crippen molar-refractivity contribution < 1.29 is 4.79 Å². The van der Waals surface area contributed by atoms with Crippen LogP contribution in [-0.4, -0.2) is 18.5 Å². The van der Waals surface area contributed by atoms with Crippen molar-refractivity contribution in [3.05, 3.63) is 35.7 Å². The van der Waals surface area contributed by atoms with Crippen LogP contribution in [0.4, 0.5) is 11.4 Å². The predicted molar refractivity (Wildman–Crippen MR) is 103 cm³/mol. The second kappa shape index (κ2) is 7.07. The van der Waals surface area contributed by atoms with Crippen LogP contribution >= 0.6 is 23.5 Å². The molecule has 0 atom stereocenters. The smallest absolute Gasteiger partial charge is 0.251 e. The Labute approximate surface area is 150 Å². The topological polar surface area (TPSA) is 44.4 Å². The molecule has 1 saturated carbocycles. The molecule has 1 aliphatic heterocycles. The fraction of sp³-hybridized carbons (Fsp3) is 0.389. The lowest BCUT2D eigenvalue weighted by Crippen LogP contribution is -2.22.